The van der Waals surface area contributed by atoms with E-state index in [0.29, 0.717) is 0 Å². The second kappa shape index (κ2) is 11.5. The molecule has 4 rings (SSSR count). The van der Waals surface area contributed by atoms with Gasteiger partial charge in [-0.2, -0.15) is 0 Å². The predicted octanol–water partition coefficient (Wildman–Crippen LogP) is 7.11. The SMILES string of the molecule is [CH]1C=CC=C1.[CH]1C=CC=C1P(C1CCCCC1)C1CCCCC1.[Fe]. The van der Waals surface area contributed by atoms with Crippen LogP contribution in [0.1, 0.15) is 64.2 Å². The molecule has 4 aliphatic carbocycles. The van der Waals surface area contributed by atoms with Crippen molar-refractivity contribution in [3.8, 4) is 0 Å². The summed E-state index contributed by atoms with van der Waals surface area (Å²) in [5.41, 5.74) is 2.11. The Kier molecular flexibility index (Phi) is 9.70. The third-order valence-corrected chi connectivity index (χ3v) is 8.94. The molecule has 2 saturated carbocycles. The molecule has 0 N–H and O–H groups in total. The summed E-state index contributed by atoms with van der Waals surface area (Å²) in [6.45, 7) is 0. The van der Waals surface area contributed by atoms with E-state index in [9.17, 15) is 0 Å². The maximum atomic E-state index is 2.43. The Bertz CT molecular complexity index is 434. The van der Waals surface area contributed by atoms with E-state index in [0.717, 1.165) is 11.3 Å². The van der Waals surface area contributed by atoms with Gasteiger partial charge in [-0.1, -0.05) is 89.0 Å². The summed E-state index contributed by atoms with van der Waals surface area (Å²) < 4.78 is 0. The second-order valence-electron chi connectivity index (χ2n) is 7.10. The van der Waals surface area contributed by atoms with E-state index in [1.807, 2.05) is 30.7 Å². The molecule has 2 radical (unpaired) electrons. The van der Waals surface area contributed by atoms with Gasteiger partial charge in [0.1, 0.15) is 0 Å². The molecule has 4 aliphatic rings. The van der Waals surface area contributed by atoms with Gasteiger partial charge in [-0.25, -0.2) is 0 Å². The maximum absolute atomic E-state index is 2.43. The average Bonchev–Trinajstić information content (AvgIpc) is 3.34. The van der Waals surface area contributed by atoms with E-state index in [1.165, 1.54) is 64.2 Å². The van der Waals surface area contributed by atoms with Crippen LogP contribution in [-0.4, -0.2) is 11.3 Å². The molecule has 24 heavy (non-hydrogen) atoms. The summed E-state index contributed by atoms with van der Waals surface area (Å²) in [4.78, 5) is 0. The fourth-order valence-corrected chi connectivity index (χ4v) is 8.09. The molecular formula is C22H31FeP. The number of hydrogen-bond donors (Lipinski definition) is 0. The van der Waals surface area contributed by atoms with Crippen molar-refractivity contribution in [3.63, 3.8) is 0 Å². The van der Waals surface area contributed by atoms with Crippen LogP contribution in [0.2, 0.25) is 0 Å². The molecule has 0 unspecified atom stereocenters. The van der Waals surface area contributed by atoms with Crippen molar-refractivity contribution in [2.24, 2.45) is 0 Å². The first-order valence-electron chi connectivity index (χ1n) is 9.62. The van der Waals surface area contributed by atoms with Gasteiger partial charge in [-0.15, -0.1) is 0 Å². The molecule has 0 saturated heterocycles. The molecule has 132 valence electrons. The molecule has 0 atom stereocenters. The van der Waals surface area contributed by atoms with Gasteiger partial charge >= 0.3 is 0 Å². The van der Waals surface area contributed by atoms with Gasteiger partial charge in [-0.3, -0.25) is 0 Å². The standard InChI is InChI=1S/C17H26P.C5H5.Fe/c1-3-9-15(10-4-1)18(17-13-7-8-14-17)16-11-5-2-6-12-16;1-2-4-5-3-1;/h7-8,13-16H,1-6,9-12H2;1-5H;. The topological polar surface area (TPSA) is 0 Å². The Balaban J connectivity index is 0.000000300. The first-order valence-corrected chi connectivity index (χ1v) is 11.1. The molecule has 0 bridgehead atoms. The Morgan fingerprint density at radius 3 is 1.54 bits per heavy atom. The summed E-state index contributed by atoms with van der Waals surface area (Å²) in [6.07, 6.45) is 34.4. The molecular weight excluding hydrogens is 351 g/mol. The van der Waals surface area contributed by atoms with E-state index in [1.54, 1.807) is 5.31 Å². The summed E-state index contributed by atoms with van der Waals surface area (Å²) in [5.74, 6) is 0. The van der Waals surface area contributed by atoms with Gasteiger partial charge in [0.05, 0.1) is 0 Å². The van der Waals surface area contributed by atoms with Crippen molar-refractivity contribution < 1.29 is 17.1 Å². The van der Waals surface area contributed by atoms with E-state index in [2.05, 4.69) is 24.6 Å². The average molecular weight is 382 g/mol. The molecule has 0 aromatic rings. The fraction of sp³-hybridized carbons (Fsp3) is 0.545. The first-order chi connectivity index (χ1) is 11.4. The normalized spacial score (nSPS) is 23.8. The minimum atomic E-state index is 0. The van der Waals surface area contributed by atoms with Crippen LogP contribution < -0.4 is 0 Å². The van der Waals surface area contributed by atoms with Gasteiger partial charge in [0.25, 0.3) is 0 Å². The minimum Gasteiger partial charge on any atom is -0.0767 e. The third kappa shape index (κ3) is 6.01. The zero-order valence-corrected chi connectivity index (χ0v) is 16.7. The van der Waals surface area contributed by atoms with Crippen molar-refractivity contribution in [3.05, 3.63) is 60.7 Å². The molecule has 2 heteroatoms. The second-order valence-corrected chi connectivity index (χ2v) is 9.89. The molecule has 0 aromatic heterocycles. The van der Waals surface area contributed by atoms with Gasteiger partial charge in [0, 0.05) is 29.9 Å². The van der Waals surface area contributed by atoms with E-state index >= 15 is 0 Å². The molecule has 0 nitrogen and oxygen atoms in total. The molecule has 0 heterocycles. The van der Waals surface area contributed by atoms with Gasteiger partial charge in [-0.05, 0) is 42.3 Å². The number of hydrogen-bond acceptors (Lipinski definition) is 0. The summed E-state index contributed by atoms with van der Waals surface area (Å²) in [5, 5.41) is 1.73. The maximum Gasteiger partial charge on any atom is 0.0130 e. The van der Waals surface area contributed by atoms with Crippen molar-refractivity contribution in [1.82, 2.24) is 0 Å². The molecule has 0 aliphatic heterocycles. The van der Waals surface area contributed by atoms with Crippen LogP contribution in [-0.2, 0) is 17.1 Å². The molecule has 0 amide bonds. The van der Waals surface area contributed by atoms with Gasteiger partial charge < -0.3 is 0 Å². The minimum absolute atomic E-state index is 0. The first kappa shape index (κ1) is 20.2. The van der Waals surface area contributed by atoms with Crippen LogP contribution in [0.15, 0.2) is 47.8 Å². The van der Waals surface area contributed by atoms with Crippen molar-refractivity contribution in [1.29, 1.82) is 0 Å². The summed E-state index contributed by atoms with van der Waals surface area (Å²) in [7, 11) is 0.145. The Morgan fingerprint density at radius 2 is 1.17 bits per heavy atom. The third-order valence-electron chi connectivity index (χ3n) is 5.43. The number of rotatable bonds is 3. The van der Waals surface area contributed by atoms with E-state index in [4.69, 9.17) is 0 Å². The molecule has 2 fully saturated rings. The largest absolute Gasteiger partial charge is 0.0767 e. The number of allylic oxidation sites excluding steroid dienone is 8. The monoisotopic (exact) mass is 382 g/mol. The van der Waals surface area contributed by atoms with Crippen LogP contribution in [0.4, 0.5) is 0 Å². The van der Waals surface area contributed by atoms with E-state index in [-0.39, 0.29) is 25.0 Å². The fourth-order valence-electron chi connectivity index (χ4n) is 4.29. The molecule has 0 aromatic carbocycles. The van der Waals surface area contributed by atoms with Crippen LogP contribution in [0.25, 0.3) is 0 Å². The van der Waals surface area contributed by atoms with Gasteiger partial charge in [0.2, 0.25) is 0 Å². The van der Waals surface area contributed by atoms with Crippen LogP contribution in [0, 0.1) is 12.8 Å². The zero-order chi connectivity index (χ0) is 15.7. The van der Waals surface area contributed by atoms with Crippen LogP contribution >= 0.6 is 7.92 Å². The zero-order valence-electron chi connectivity index (χ0n) is 14.7. The van der Waals surface area contributed by atoms with Crippen molar-refractivity contribution >= 4 is 7.92 Å². The van der Waals surface area contributed by atoms with Crippen molar-refractivity contribution in [2.45, 2.75) is 75.5 Å². The quantitative estimate of drug-likeness (QED) is 0.361. The van der Waals surface area contributed by atoms with Crippen molar-refractivity contribution in [2.75, 3.05) is 0 Å². The Labute approximate surface area is 161 Å². The Hall–Kier alpha value is -0.0905. The van der Waals surface area contributed by atoms with Crippen LogP contribution in [0.3, 0.4) is 0 Å². The summed E-state index contributed by atoms with van der Waals surface area (Å²) >= 11 is 0. The van der Waals surface area contributed by atoms with Crippen LogP contribution in [0.5, 0.6) is 0 Å². The van der Waals surface area contributed by atoms with E-state index < -0.39 is 0 Å². The smallest absolute Gasteiger partial charge is 0.0130 e. The summed E-state index contributed by atoms with van der Waals surface area (Å²) in [6, 6.07) is 0. The Morgan fingerprint density at radius 1 is 0.625 bits per heavy atom. The predicted molar refractivity (Wildman–Crippen MR) is 105 cm³/mol. The molecule has 0 spiro atoms. The van der Waals surface area contributed by atoms with Gasteiger partial charge in [0.15, 0.2) is 0 Å².